The minimum absolute atomic E-state index is 0.00118. The minimum atomic E-state index is -1.04. The van der Waals surface area contributed by atoms with E-state index >= 15 is 0 Å². The number of hydrogen-bond donors (Lipinski definition) is 2. The van der Waals surface area contributed by atoms with E-state index in [2.05, 4.69) is 20.4 Å². The summed E-state index contributed by atoms with van der Waals surface area (Å²) in [6.45, 7) is 5.45. The summed E-state index contributed by atoms with van der Waals surface area (Å²) in [7, 11) is 0. The molecule has 10 heteroatoms. The average Bonchev–Trinajstić information content (AvgIpc) is 3.31. The van der Waals surface area contributed by atoms with Crippen LogP contribution in [0.2, 0.25) is 0 Å². The molecule has 0 aliphatic carbocycles. The van der Waals surface area contributed by atoms with Crippen molar-refractivity contribution in [2.45, 2.75) is 26.7 Å². The van der Waals surface area contributed by atoms with Gasteiger partial charge in [0.1, 0.15) is 11.5 Å². The first-order valence-electron chi connectivity index (χ1n) is 8.62. The number of esters is 1. The van der Waals surface area contributed by atoms with Crippen molar-refractivity contribution >= 4 is 17.7 Å². The second-order valence-corrected chi connectivity index (χ2v) is 6.13. The number of carbonyl (C=O) groups is 2. The van der Waals surface area contributed by atoms with Gasteiger partial charge in [0.25, 0.3) is 5.56 Å². The number of hydrogen-bond acceptors (Lipinski definition) is 7. The largest absolute Gasteiger partial charge is 0.463 e. The molecular formula is C18H19N5O5. The van der Waals surface area contributed by atoms with Crippen molar-refractivity contribution in [3.8, 4) is 17.4 Å². The molecule has 3 heterocycles. The van der Waals surface area contributed by atoms with Gasteiger partial charge in [0.15, 0.2) is 5.76 Å². The summed E-state index contributed by atoms with van der Waals surface area (Å²) < 4.78 is 11.2. The number of nitrogens with one attached hydrogen (secondary N) is 2. The molecule has 10 nitrogen and oxygen atoms in total. The molecule has 3 aromatic heterocycles. The summed E-state index contributed by atoms with van der Waals surface area (Å²) in [5.41, 5.74) is 0.560. The molecule has 0 aliphatic heterocycles. The molecule has 0 atom stereocenters. The van der Waals surface area contributed by atoms with Gasteiger partial charge in [-0.1, -0.05) is 13.8 Å². The van der Waals surface area contributed by atoms with Crippen LogP contribution in [0, 0.1) is 0 Å². The summed E-state index contributed by atoms with van der Waals surface area (Å²) in [6, 6.07) is 6.26. The Labute approximate surface area is 159 Å². The number of carbonyl (C=O) groups excluding carboxylic acids is 2. The highest BCUT2D eigenvalue weighted by molar-refractivity contribution is 6.37. The highest BCUT2D eigenvalue weighted by Gasteiger charge is 2.21. The molecule has 3 aromatic rings. The maximum Gasteiger partial charge on any atom is 0.397 e. The Morgan fingerprint density at radius 1 is 1.36 bits per heavy atom. The van der Waals surface area contributed by atoms with Crippen LogP contribution >= 0.6 is 0 Å². The van der Waals surface area contributed by atoms with E-state index in [9.17, 15) is 14.4 Å². The lowest BCUT2D eigenvalue weighted by molar-refractivity contribution is -0.152. The normalized spacial score (nSPS) is 10.9. The molecule has 0 fully saturated rings. The van der Waals surface area contributed by atoms with Crippen molar-refractivity contribution in [2.24, 2.45) is 0 Å². The van der Waals surface area contributed by atoms with Gasteiger partial charge in [0.05, 0.1) is 18.6 Å². The van der Waals surface area contributed by atoms with Crippen LogP contribution in [0.3, 0.4) is 0 Å². The van der Waals surface area contributed by atoms with E-state index in [-0.39, 0.29) is 29.9 Å². The lowest BCUT2D eigenvalue weighted by atomic mass is 10.1. The number of nitrogens with zero attached hydrogens (tertiary/aromatic N) is 3. The van der Waals surface area contributed by atoms with Crippen LogP contribution in [0.15, 0.2) is 39.7 Å². The predicted octanol–water partition coefficient (Wildman–Crippen LogP) is 1.84. The average molecular weight is 385 g/mol. The monoisotopic (exact) mass is 385 g/mol. The molecular weight excluding hydrogens is 366 g/mol. The summed E-state index contributed by atoms with van der Waals surface area (Å²) in [4.78, 5) is 42.8. The number of aromatic amines is 1. The van der Waals surface area contributed by atoms with Crippen LogP contribution in [0.1, 0.15) is 32.4 Å². The molecule has 0 saturated carbocycles. The zero-order valence-corrected chi connectivity index (χ0v) is 15.6. The highest BCUT2D eigenvalue weighted by Crippen LogP contribution is 2.24. The molecule has 1 amide bonds. The summed E-state index contributed by atoms with van der Waals surface area (Å²) in [6.07, 6.45) is 1.48. The van der Waals surface area contributed by atoms with E-state index < -0.39 is 11.9 Å². The van der Waals surface area contributed by atoms with E-state index in [1.807, 2.05) is 13.8 Å². The molecule has 0 bridgehead atoms. The molecule has 0 aromatic carbocycles. The number of anilines is 1. The van der Waals surface area contributed by atoms with Crippen molar-refractivity contribution in [2.75, 3.05) is 11.9 Å². The lowest BCUT2D eigenvalue weighted by Gasteiger charge is -2.10. The Morgan fingerprint density at radius 2 is 2.14 bits per heavy atom. The Morgan fingerprint density at radius 3 is 2.79 bits per heavy atom. The Kier molecular flexibility index (Phi) is 5.39. The van der Waals surface area contributed by atoms with Crippen LogP contribution < -0.4 is 10.9 Å². The van der Waals surface area contributed by atoms with Gasteiger partial charge < -0.3 is 14.5 Å². The third-order valence-electron chi connectivity index (χ3n) is 3.73. The van der Waals surface area contributed by atoms with Crippen molar-refractivity contribution in [3.05, 3.63) is 46.6 Å². The van der Waals surface area contributed by atoms with E-state index in [4.69, 9.17) is 9.15 Å². The smallest absolute Gasteiger partial charge is 0.397 e. The summed E-state index contributed by atoms with van der Waals surface area (Å²) in [5.74, 6) is -1.36. The van der Waals surface area contributed by atoms with Gasteiger partial charge in [-0.2, -0.15) is 9.78 Å². The van der Waals surface area contributed by atoms with Gasteiger partial charge >= 0.3 is 11.9 Å². The third kappa shape index (κ3) is 4.00. The van der Waals surface area contributed by atoms with Gasteiger partial charge in [-0.15, -0.1) is 0 Å². The molecule has 0 saturated heterocycles. The molecule has 2 N–H and O–H groups in total. The van der Waals surface area contributed by atoms with Gasteiger partial charge in [0, 0.05) is 12.1 Å². The molecule has 0 unspecified atom stereocenters. The molecule has 0 spiro atoms. The first-order chi connectivity index (χ1) is 13.4. The topological polar surface area (TPSA) is 132 Å². The standard InChI is InChI=1S/C18H19N5O5/c1-4-27-17(26)16(25)20-14-8-12(13-6-5-7-28-13)22-23(14)18-19-11(10(2)3)9-15(24)21-18/h5-10H,4H2,1-3H3,(H,20,25)(H,19,21,24). The first kappa shape index (κ1) is 19.1. The van der Waals surface area contributed by atoms with Gasteiger partial charge in [0.2, 0.25) is 5.95 Å². The Hall–Kier alpha value is -3.69. The first-order valence-corrected chi connectivity index (χ1v) is 8.62. The Bertz CT molecular complexity index is 1050. The summed E-state index contributed by atoms with van der Waals surface area (Å²) >= 11 is 0. The molecule has 0 radical (unpaired) electrons. The fourth-order valence-electron chi connectivity index (χ4n) is 2.40. The maximum absolute atomic E-state index is 12.1. The second kappa shape index (κ2) is 7.91. The lowest BCUT2D eigenvalue weighted by Crippen LogP contribution is -2.26. The summed E-state index contributed by atoms with van der Waals surface area (Å²) in [5, 5.41) is 6.77. The van der Waals surface area contributed by atoms with E-state index in [0.717, 1.165) is 0 Å². The number of H-pyrrole nitrogens is 1. The van der Waals surface area contributed by atoms with Gasteiger partial charge in [-0.05, 0) is 25.0 Å². The molecule has 3 rings (SSSR count). The van der Waals surface area contributed by atoms with Crippen LogP contribution in [0.25, 0.3) is 17.4 Å². The number of rotatable bonds is 5. The fraction of sp³-hybridized carbons (Fsp3) is 0.278. The number of ether oxygens (including phenoxy) is 1. The zero-order valence-electron chi connectivity index (χ0n) is 15.6. The maximum atomic E-state index is 12.1. The van der Waals surface area contributed by atoms with E-state index in [1.165, 1.54) is 23.1 Å². The SMILES string of the molecule is CCOC(=O)C(=O)Nc1cc(-c2ccco2)nn1-c1nc(C(C)C)cc(=O)[nH]1. The van der Waals surface area contributed by atoms with E-state index in [0.29, 0.717) is 17.1 Å². The molecule has 28 heavy (non-hydrogen) atoms. The quantitative estimate of drug-likeness (QED) is 0.506. The van der Waals surface area contributed by atoms with Gasteiger partial charge in [-0.3, -0.25) is 14.6 Å². The van der Waals surface area contributed by atoms with Crippen LogP contribution in [-0.2, 0) is 14.3 Å². The number of amides is 1. The predicted molar refractivity (Wildman–Crippen MR) is 99.0 cm³/mol. The third-order valence-corrected chi connectivity index (χ3v) is 3.73. The number of furan rings is 1. The second-order valence-electron chi connectivity index (χ2n) is 6.13. The molecule has 146 valence electrons. The van der Waals surface area contributed by atoms with Crippen LogP contribution in [0.4, 0.5) is 5.82 Å². The number of aromatic nitrogens is 4. The van der Waals surface area contributed by atoms with Crippen molar-refractivity contribution in [3.63, 3.8) is 0 Å². The van der Waals surface area contributed by atoms with Crippen molar-refractivity contribution < 1.29 is 18.7 Å². The zero-order chi connectivity index (χ0) is 20.3. The van der Waals surface area contributed by atoms with Crippen molar-refractivity contribution in [1.82, 2.24) is 19.7 Å². The molecule has 0 aliphatic rings. The Balaban J connectivity index is 2.07. The highest BCUT2D eigenvalue weighted by atomic mass is 16.5. The van der Waals surface area contributed by atoms with E-state index in [1.54, 1.807) is 19.1 Å². The van der Waals surface area contributed by atoms with Gasteiger partial charge in [-0.25, -0.2) is 9.78 Å². The fourth-order valence-corrected chi connectivity index (χ4v) is 2.40. The van der Waals surface area contributed by atoms with Crippen LogP contribution in [0.5, 0.6) is 0 Å². The van der Waals surface area contributed by atoms with Crippen molar-refractivity contribution in [1.29, 1.82) is 0 Å². The van der Waals surface area contributed by atoms with Crippen LogP contribution in [-0.4, -0.2) is 38.2 Å². The minimum Gasteiger partial charge on any atom is -0.463 e.